The van der Waals surface area contributed by atoms with Crippen molar-refractivity contribution < 1.29 is 4.42 Å². The van der Waals surface area contributed by atoms with Gasteiger partial charge in [0, 0.05) is 103 Å². The standard InChI is InChI=1S/C69H50BN3OS2/c1-68(2,3)42-33-34-54(48(35-42)41-21-9-6-10-22-41)72-55-40-61-60(75-58-31-19-20-32-59(58)76-61)39-53(55)70-64-56(72)38-49-46-27-16-18-30-57(46)74-67(49)62(64)50-36-45(71(43-23-11-7-12-24-43)44-25-13-8-14-26-44)37-51-63-66(73(70)65(50)51)47-28-15-17-29-52(47)69(63,4)5/h6-40H,1-5H3. The first kappa shape index (κ1) is 44.2. The monoisotopic (exact) mass is 1010 g/mol. The highest BCUT2D eigenvalue weighted by atomic mass is 32.2. The summed E-state index contributed by atoms with van der Waals surface area (Å²) in [4.78, 5) is 10.2. The summed E-state index contributed by atoms with van der Waals surface area (Å²) in [5.74, 6) is 0. The molecule has 0 saturated heterocycles. The van der Waals surface area contributed by atoms with E-state index in [0.29, 0.717) is 0 Å². The molecule has 16 rings (SSSR count). The molecular formula is C69H50BN3OS2. The fourth-order valence-electron chi connectivity index (χ4n) is 13.3. The van der Waals surface area contributed by atoms with Crippen molar-refractivity contribution in [2.24, 2.45) is 0 Å². The second-order valence-corrected chi connectivity index (χ2v) is 24.6. The number of furan rings is 1. The van der Waals surface area contributed by atoms with Crippen LogP contribution >= 0.6 is 23.5 Å². The fourth-order valence-corrected chi connectivity index (χ4v) is 15.6. The molecule has 0 N–H and O–H groups in total. The van der Waals surface area contributed by atoms with Crippen LogP contribution in [0.1, 0.15) is 51.3 Å². The lowest BCUT2D eigenvalue weighted by Gasteiger charge is -2.42. The topological polar surface area (TPSA) is 24.6 Å². The quantitative estimate of drug-likeness (QED) is 0.160. The first-order valence-electron chi connectivity index (χ1n) is 26.4. The van der Waals surface area contributed by atoms with Crippen LogP contribution in [0.25, 0.3) is 66.4 Å². The summed E-state index contributed by atoms with van der Waals surface area (Å²) < 4.78 is 10.2. The molecule has 4 aliphatic rings. The Kier molecular flexibility index (Phi) is 9.29. The molecule has 10 aromatic carbocycles. The number of benzene rings is 10. The van der Waals surface area contributed by atoms with Gasteiger partial charge in [0.25, 0.3) is 0 Å². The number of aromatic nitrogens is 1. The molecule has 362 valence electrons. The van der Waals surface area contributed by atoms with E-state index in [0.717, 1.165) is 50.3 Å². The third-order valence-electron chi connectivity index (χ3n) is 16.7. The van der Waals surface area contributed by atoms with Gasteiger partial charge >= 0.3 is 6.85 Å². The van der Waals surface area contributed by atoms with Crippen LogP contribution < -0.4 is 20.7 Å². The van der Waals surface area contributed by atoms with E-state index in [2.05, 4.69) is 261 Å². The molecule has 0 bridgehead atoms. The maximum atomic E-state index is 7.37. The number of para-hydroxylation sites is 3. The van der Waals surface area contributed by atoms with Crippen molar-refractivity contribution in [2.75, 3.05) is 9.80 Å². The molecule has 5 heterocycles. The Hall–Kier alpha value is -8.10. The molecule has 0 unspecified atom stereocenters. The maximum Gasteiger partial charge on any atom is 0.333 e. The Morgan fingerprint density at radius 3 is 1.88 bits per heavy atom. The number of rotatable bonds is 5. The zero-order valence-electron chi connectivity index (χ0n) is 42.9. The van der Waals surface area contributed by atoms with Crippen LogP contribution in [-0.2, 0) is 10.8 Å². The van der Waals surface area contributed by atoms with Crippen molar-refractivity contribution in [3.05, 3.63) is 229 Å². The smallest absolute Gasteiger partial charge is 0.333 e. The molecule has 0 fully saturated rings. The van der Waals surface area contributed by atoms with E-state index in [-0.39, 0.29) is 17.7 Å². The van der Waals surface area contributed by atoms with Crippen LogP contribution in [0.4, 0.5) is 34.1 Å². The van der Waals surface area contributed by atoms with Crippen LogP contribution in [0.5, 0.6) is 0 Å². The van der Waals surface area contributed by atoms with E-state index < -0.39 is 0 Å². The van der Waals surface area contributed by atoms with Gasteiger partial charge < -0.3 is 18.7 Å². The number of anilines is 6. The van der Waals surface area contributed by atoms with E-state index in [1.54, 1.807) is 0 Å². The van der Waals surface area contributed by atoms with Crippen LogP contribution in [0, 0.1) is 0 Å². The Bertz CT molecular complexity index is 4400. The van der Waals surface area contributed by atoms with Gasteiger partial charge in [0.05, 0.1) is 5.69 Å². The number of fused-ring (bicyclic) bond motifs is 15. The normalized spacial score (nSPS) is 14.3. The van der Waals surface area contributed by atoms with Gasteiger partial charge in [0.15, 0.2) is 0 Å². The molecule has 3 aliphatic heterocycles. The predicted octanol–water partition coefficient (Wildman–Crippen LogP) is 18.3. The van der Waals surface area contributed by atoms with Crippen LogP contribution in [0.2, 0.25) is 0 Å². The fraction of sp³-hybridized carbons (Fsp3) is 0.101. The molecule has 0 radical (unpaired) electrons. The lowest BCUT2D eigenvalue weighted by atomic mass is 9.45. The zero-order chi connectivity index (χ0) is 50.8. The third-order valence-corrected chi connectivity index (χ3v) is 19.2. The van der Waals surface area contributed by atoms with Gasteiger partial charge in [-0.3, -0.25) is 0 Å². The van der Waals surface area contributed by atoms with Crippen molar-refractivity contribution in [1.82, 2.24) is 4.48 Å². The Labute approximate surface area is 451 Å². The van der Waals surface area contributed by atoms with Crippen LogP contribution in [-0.4, -0.2) is 11.3 Å². The molecular weight excluding hydrogens is 962 g/mol. The molecule has 0 saturated carbocycles. The summed E-state index contributed by atoms with van der Waals surface area (Å²) in [5.41, 5.74) is 23.4. The number of hydrogen-bond acceptors (Lipinski definition) is 5. The van der Waals surface area contributed by atoms with Gasteiger partial charge in [-0.25, -0.2) is 0 Å². The minimum Gasteiger partial charge on any atom is -0.455 e. The van der Waals surface area contributed by atoms with Crippen molar-refractivity contribution in [2.45, 2.75) is 65.0 Å². The minimum atomic E-state index is -0.307. The molecule has 4 nitrogen and oxygen atoms in total. The maximum absolute atomic E-state index is 7.37. The molecule has 0 spiro atoms. The van der Waals surface area contributed by atoms with E-state index in [1.807, 2.05) is 23.5 Å². The average Bonchev–Trinajstić information content (AvgIpc) is 4.10. The predicted molar refractivity (Wildman–Crippen MR) is 321 cm³/mol. The molecule has 12 aromatic rings. The number of hydrogen-bond donors (Lipinski definition) is 0. The SMILES string of the molecule is CC(C)(C)c1ccc(N2c3cc4c(cc3B3c5c2cc2c(oc6ccccc62)c5-c2cc(N(c5ccccc5)c5ccccc5)cc5c6c(n3c25)-c2ccccc2C6(C)C)Sc2ccccc2S4)c(-c2ccccc2)c1. The highest BCUT2D eigenvalue weighted by molar-refractivity contribution is 8.05. The lowest BCUT2D eigenvalue weighted by molar-refractivity contribution is 0.590. The summed E-state index contributed by atoms with van der Waals surface area (Å²) in [6.45, 7) is 11.6. The number of nitrogens with zero attached hydrogens (tertiary/aromatic N) is 3. The first-order valence-corrected chi connectivity index (χ1v) is 28.1. The summed E-state index contributed by atoms with van der Waals surface area (Å²) in [6, 6.07) is 79.3. The summed E-state index contributed by atoms with van der Waals surface area (Å²) in [7, 11) is 0. The lowest BCUT2D eigenvalue weighted by Crippen LogP contribution is -2.57. The van der Waals surface area contributed by atoms with Crippen molar-refractivity contribution in [3.63, 3.8) is 0 Å². The van der Waals surface area contributed by atoms with Crippen LogP contribution in [0.3, 0.4) is 0 Å². The first-order chi connectivity index (χ1) is 37.1. The highest BCUT2D eigenvalue weighted by Gasteiger charge is 2.50. The van der Waals surface area contributed by atoms with E-state index in [9.17, 15) is 0 Å². The second kappa shape index (κ2) is 16.0. The van der Waals surface area contributed by atoms with Crippen molar-refractivity contribution in [3.8, 4) is 33.5 Å². The minimum absolute atomic E-state index is 0.0693. The van der Waals surface area contributed by atoms with Gasteiger partial charge in [0.2, 0.25) is 0 Å². The molecule has 2 aromatic heterocycles. The van der Waals surface area contributed by atoms with Crippen LogP contribution in [0.15, 0.2) is 236 Å². The molecule has 7 heteroatoms. The third kappa shape index (κ3) is 6.18. The van der Waals surface area contributed by atoms with Gasteiger partial charge in [-0.05, 0) is 124 Å². The molecule has 76 heavy (non-hydrogen) atoms. The highest BCUT2D eigenvalue weighted by Crippen LogP contribution is 2.59. The van der Waals surface area contributed by atoms with Crippen molar-refractivity contribution >= 4 is 108 Å². The molecule has 1 aliphatic carbocycles. The summed E-state index contributed by atoms with van der Waals surface area (Å²) >= 11 is 3.79. The summed E-state index contributed by atoms with van der Waals surface area (Å²) in [5, 5.41) is 3.49. The Morgan fingerprint density at radius 1 is 0.513 bits per heavy atom. The van der Waals surface area contributed by atoms with Gasteiger partial charge in [-0.2, -0.15) is 0 Å². The molecule has 0 atom stereocenters. The Morgan fingerprint density at radius 2 is 1.16 bits per heavy atom. The van der Waals surface area contributed by atoms with Gasteiger partial charge in [-0.15, -0.1) is 0 Å². The second-order valence-electron chi connectivity index (χ2n) is 22.4. The van der Waals surface area contributed by atoms with E-state index >= 15 is 0 Å². The van der Waals surface area contributed by atoms with E-state index in [4.69, 9.17) is 4.42 Å². The van der Waals surface area contributed by atoms with Crippen molar-refractivity contribution in [1.29, 1.82) is 0 Å². The van der Waals surface area contributed by atoms with E-state index in [1.165, 1.54) is 97.4 Å². The average molecular weight is 1010 g/mol. The summed E-state index contributed by atoms with van der Waals surface area (Å²) in [6.07, 6.45) is 0. The zero-order valence-corrected chi connectivity index (χ0v) is 44.5. The molecule has 0 amide bonds. The Balaban J connectivity index is 1.10. The largest absolute Gasteiger partial charge is 0.455 e. The van der Waals surface area contributed by atoms with Gasteiger partial charge in [0.1, 0.15) is 11.2 Å². The van der Waals surface area contributed by atoms with Gasteiger partial charge in [-0.1, -0.05) is 186 Å².